The average Bonchev–Trinajstić information content (AvgIpc) is 2.67. The Morgan fingerprint density at radius 1 is 1.00 bits per heavy atom. The second kappa shape index (κ2) is 10.3. The molecule has 1 amide bonds. The number of hydrogen-bond acceptors (Lipinski definition) is 2. The standard InChI is InChI=1S/C24H34N2O2/c1-6-9-10-11-15-26-17(4)16-21(27)22(18(26)5)24(28)25-23-19(7-2)13-12-14-20(23)8-3/h12-14,16H,6-11,15H2,1-5H3,(H,25,28). The van der Waals surface area contributed by atoms with Crippen LogP contribution in [-0.4, -0.2) is 10.5 Å². The number of nitrogens with one attached hydrogen (secondary N) is 1. The molecule has 0 bridgehead atoms. The Kier molecular flexibility index (Phi) is 8.04. The van der Waals surface area contributed by atoms with E-state index in [9.17, 15) is 9.59 Å². The highest BCUT2D eigenvalue weighted by atomic mass is 16.2. The molecule has 0 unspecified atom stereocenters. The summed E-state index contributed by atoms with van der Waals surface area (Å²) in [5.74, 6) is -0.305. The van der Waals surface area contributed by atoms with Crippen LogP contribution >= 0.6 is 0 Å². The van der Waals surface area contributed by atoms with Crippen LogP contribution in [0.25, 0.3) is 0 Å². The van der Waals surface area contributed by atoms with Crippen LogP contribution in [0.15, 0.2) is 29.1 Å². The second-order valence-electron chi connectivity index (χ2n) is 7.44. The third-order valence-corrected chi connectivity index (χ3v) is 5.48. The van der Waals surface area contributed by atoms with E-state index in [1.807, 2.05) is 32.0 Å². The van der Waals surface area contributed by atoms with Crippen molar-refractivity contribution in [3.8, 4) is 0 Å². The van der Waals surface area contributed by atoms with Crippen molar-refractivity contribution in [1.29, 1.82) is 0 Å². The summed E-state index contributed by atoms with van der Waals surface area (Å²) >= 11 is 0. The number of amides is 1. The zero-order valence-corrected chi connectivity index (χ0v) is 18.0. The van der Waals surface area contributed by atoms with Crippen LogP contribution in [0.4, 0.5) is 5.69 Å². The number of anilines is 1. The predicted octanol–water partition coefficient (Wildman–Crippen LogP) is 5.42. The molecule has 0 aliphatic rings. The van der Waals surface area contributed by atoms with Gasteiger partial charge < -0.3 is 9.88 Å². The van der Waals surface area contributed by atoms with Crippen molar-refractivity contribution in [2.75, 3.05) is 5.32 Å². The predicted molar refractivity (Wildman–Crippen MR) is 117 cm³/mol. The first kappa shape index (κ1) is 21.9. The number of carbonyl (C=O) groups is 1. The molecule has 2 aromatic rings. The minimum atomic E-state index is -0.305. The minimum Gasteiger partial charge on any atom is -0.348 e. The average molecular weight is 383 g/mol. The summed E-state index contributed by atoms with van der Waals surface area (Å²) in [7, 11) is 0. The quantitative estimate of drug-likeness (QED) is 0.589. The number of aromatic nitrogens is 1. The van der Waals surface area contributed by atoms with E-state index in [0.29, 0.717) is 0 Å². The molecule has 4 nitrogen and oxygen atoms in total. The molecule has 0 atom stereocenters. The summed E-state index contributed by atoms with van der Waals surface area (Å²) in [6, 6.07) is 7.67. The van der Waals surface area contributed by atoms with Crippen LogP contribution in [-0.2, 0) is 19.4 Å². The van der Waals surface area contributed by atoms with Gasteiger partial charge in [0.15, 0.2) is 5.43 Å². The van der Waals surface area contributed by atoms with Gasteiger partial charge in [0.25, 0.3) is 5.91 Å². The first-order valence-electron chi connectivity index (χ1n) is 10.6. The molecule has 0 aliphatic heterocycles. The lowest BCUT2D eigenvalue weighted by Crippen LogP contribution is -2.27. The lowest BCUT2D eigenvalue weighted by Gasteiger charge is -2.19. The molecule has 0 saturated carbocycles. The van der Waals surface area contributed by atoms with E-state index in [2.05, 4.69) is 30.7 Å². The number of para-hydroxylation sites is 1. The van der Waals surface area contributed by atoms with Crippen molar-refractivity contribution in [3.63, 3.8) is 0 Å². The van der Waals surface area contributed by atoms with Gasteiger partial charge in [-0.05, 0) is 44.2 Å². The third-order valence-electron chi connectivity index (χ3n) is 5.48. The number of benzene rings is 1. The summed E-state index contributed by atoms with van der Waals surface area (Å²) in [5, 5.41) is 3.05. The summed E-state index contributed by atoms with van der Waals surface area (Å²) in [6.07, 6.45) is 6.27. The van der Waals surface area contributed by atoms with Gasteiger partial charge in [-0.1, -0.05) is 58.2 Å². The van der Waals surface area contributed by atoms with Crippen LogP contribution in [0, 0.1) is 13.8 Å². The maximum atomic E-state index is 13.1. The Morgan fingerprint density at radius 3 is 2.21 bits per heavy atom. The van der Waals surface area contributed by atoms with Gasteiger partial charge in [-0.25, -0.2) is 0 Å². The van der Waals surface area contributed by atoms with Gasteiger partial charge in [-0.15, -0.1) is 0 Å². The molecule has 152 valence electrons. The van der Waals surface area contributed by atoms with Crippen molar-refractivity contribution in [1.82, 2.24) is 4.57 Å². The summed E-state index contributed by atoms with van der Waals surface area (Å²) in [6.45, 7) is 11.0. The fraction of sp³-hybridized carbons (Fsp3) is 0.500. The monoisotopic (exact) mass is 382 g/mol. The van der Waals surface area contributed by atoms with E-state index in [0.717, 1.165) is 60.4 Å². The number of unbranched alkanes of at least 4 members (excludes halogenated alkanes) is 3. The van der Waals surface area contributed by atoms with Gasteiger partial charge in [0.05, 0.1) is 0 Å². The Hall–Kier alpha value is -2.36. The van der Waals surface area contributed by atoms with Crippen LogP contribution in [0.2, 0.25) is 0 Å². The molecule has 0 radical (unpaired) electrons. The van der Waals surface area contributed by atoms with E-state index in [1.54, 1.807) is 6.07 Å². The molecule has 1 aromatic carbocycles. The number of hydrogen-bond donors (Lipinski definition) is 1. The molecule has 1 heterocycles. The Bertz CT molecular complexity index is 859. The lowest BCUT2D eigenvalue weighted by atomic mass is 10.0. The Labute approximate surface area is 169 Å². The van der Waals surface area contributed by atoms with Gasteiger partial charge in [0.1, 0.15) is 5.56 Å². The maximum absolute atomic E-state index is 13.1. The smallest absolute Gasteiger partial charge is 0.261 e. The van der Waals surface area contributed by atoms with E-state index in [4.69, 9.17) is 0 Å². The van der Waals surface area contributed by atoms with Crippen LogP contribution < -0.4 is 10.7 Å². The first-order chi connectivity index (χ1) is 13.4. The fourth-order valence-electron chi connectivity index (χ4n) is 3.81. The highest BCUT2D eigenvalue weighted by molar-refractivity contribution is 6.05. The van der Waals surface area contributed by atoms with Crippen molar-refractivity contribution in [2.24, 2.45) is 0 Å². The van der Waals surface area contributed by atoms with Crippen LogP contribution in [0.3, 0.4) is 0 Å². The highest BCUT2D eigenvalue weighted by Crippen LogP contribution is 2.23. The summed E-state index contributed by atoms with van der Waals surface area (Å²) in [4.78, 5) is 25.8. The summed E-state index contributed by atoms with van der Waals surface area (Å²) < 4.78 is 2.11. The van der Waals surface area contributed by atoms with E-state index < -0.39 is 0 Å². The minimum absolute atomic E-state index is 0.204. The number of nitrogens with zero attached hydrogens (tertiary/aromatic N) is 1. The van der Waals surface area contributed by atoms with Crippen molar-refractivity contribution in [3.05, 3.63) is 62.6 Å². The highest BCUT2D eigenvalue weighted by Gasteiger charge is 2.19. The molecule has 0 spiro atoms. The number of pyridine rings is 1. The molecule has 0 fully saturated rings. The number of aryl methyl sites for hydroxylation is 3. The summed E-state index contributed by atoms with van der Waals surface area (Å²) in [5.41, 5.74) is 4.77. The molecule has 2 rings (SSSR count). The molecule has 1 N–H and O–H groups in total. The van der Waals surface area contributed by atoms with Crippen molar-refractivity contribution >= 4 is 11.6 Å². The van der Waals surface area contributed by atoms with Gasteiger partial charge >= 0.3 is 0 Å². The Morgan fingerprint density at radius 2 is 1.64 bits per heavy atom. The second-order valence-corrected chi connectivity index (χ2v) is 7.44. The largest absolute Gasteiger partial charge is 0.348 e. The van der Waals surface area contributed by atoms with E-state index >= 15 is 0 Å². The topological polar surface area (TPSA) is 51.1 Å². The van der Waals surface area contributed by atoms with Gasteiger partial charge in [-0.3, -0.25) is 9.59 Å². The molecule has 0 aliphatic carbocycles. The van der Waals surface area contributed by atoms with E-state index in [1.165, 1.54) is 12.8 Å². The van der Waals surface area contributed by atoms with Crippen molar-refractivity contribution in [2.45, 2.75) is 79.7 Å². The van der Waals surface area contributed by atoms with Gasteiger partial charge in [0.2, 0.25) is 0 Å². The lowest BCUT2D eigenvalue weighted by molar-refractivity contribution is 0.102. The van der Waals surface area contributed by atoms with Gasteiger partial charge in [-0.2, -0.15) is 0 Å². The molecule has 4 heteroatoms. The molecular formula is C24H34N2O2. The molecular weight excluding hydrogens is 348 g/mol. The molecule has 0 saturated heterocycles. The van der Waals surface area contributed by atoms with Crippen molar-refractivity contribution < 1.29 is 4.79 Å². The zero-order chi connectivity index (χ0) is 20.7. The van der Waals surface area contributed by atoms with E-state index in [-0.39, 0.29) is 16.9 Å². The third kappa shape index (κ3) is 4.92. The zero-order valence-electron chi connectivity index (χ0n) is 18.0. The first-order valence-corrected chi connectivity index (χ1v) is 10.6. The number of carbonyl (C=O) groups excluding carboxylic acids is 1. The molecule has 1 aromatic heterocycles. The maximum Gasteiger partial charge on any atom is 0.261 e. The van der Waals surface area contributed by atoms with Crippen LogP contribution in [0.1, 0.15) is 79.3 Å². The normalized spacial score (nSPS) is 10.9. The fourth-order valence-corrected chi connectivity index (χ4v) is 3.81. The van der Waals surface area contributed by atoms with Gasteiger partial charge in [0, 0.05) is 29.7 Å². The Balaban J connectivity index is 2.37. The number of rotatable bonds is 9. The molecule has 28 heavy (non-hydrogen) atoms. The SMILES string of the molecule is CCCCCCn1c(C)cc(=O)c(C(=O)Nc2c(CC)cccc2CC)c1C. The van der Waals surface area contributed by atoms with Crippen LogP contribution in [0.5, 0.6) is 0 Å².